The second-order valence-electron chi connectivity index (χ2n) is 9.49. The third-order valence-corrected chi connectivity index (χ3v) is 8.28. The van der Waals surface area contributed by atoms with Gasteiger partial charge in [-0.25, -0.2) is 0 Å². The van der Waals surface area contributed by atoms with E-state index in [2.05, 4.69) is 69.5 Å². The van der Waals surface area contributed by atoms with E-state index in [1.807, 2.05) is 11.8 Å². The normalized spacial score (nSPS) is 32.6. The van der Waals surface area contributed by atoms with Gasteiger partial charge in [0.15, 0.2) is 0 Å². The zero-order valence-corrected chi connectivity index (χ0v) is 18.3. The number of likely N-dealkylation sites (tertiary alicyclic amines) is 1. The molecule has 1 heterocycles. The van der Waals surface area contributed by atoms with Gasteiger partial charge in [-0.3, -0.25) is 4.90 Å². The van der Waals surface area contributed by atoms with Crippen LogP contribution in [0.2, 0.25) is 0 Å². The lowest BCUT2D eigenvalue weighted by molar-refractivity contribution is -0.0381. The number of hydrogen-bond acceptors (Lipinski definition) is 3. The number of aliphatic hydroxyl groups excluding tert-OH is 1. The summed E-state index contributed by atoms with van der Waals surface area (Å²) in [4.78, 5) is 4.01. The van der Waals surface area contributed by atoms with E-state index in [-0.39, 0.29) is 11.6 Å². The van der Waals surface area contributed by atoms with E-state index in [1.165, 1.54) is 16.9 Å². The van der Waals surface area contributed by atoms with Crippen molar-refractivity contribution in [2.75, 3.05) is 18.8 Å². The van der Waals surface area contributed by atoms with Crippen molar-refractivity contribution in [3.8, 4) is 0 Å². The number of thioether (sulfide) groups is 1. The van der Waals surface area contributed by atoms with Gasteiger partial charge in [-0.15, -0.1) is 11.8 Å². The molecule has 1 saturated carbocycles. The lowest BCUT2D eigenvalue weighted by atomic mass is 9.71. The Morgan fingerprint density at radius 3 is 2.56 bits per heavy atom. The number of benzene rings is 1. The van der Waals surface area contributed by atoms with Crippen LogP contribution in [0.1, 0.15) is 47.0 Å². The molecule has 0 aromatic heterocycles. The standard InChI is InChI=1S/C24H37NOS/c1-17(2)21-15-25(14-19(21)16-27-20-9-7-6-8-10-20)24(4,5)22-12-11-18(3)13-23(22)26/h6-10,18-19,21-23,26H,1,11-16H2,2-5H3/t18-,19-,21-,22-,23-/m1/s1. The smallest absolute Gasteiger partial charge is 0.0588 e. The number of hydrogen-bond donors (Lipinski definition) is 1. The Balaban J connectivity index is 1.68. The van der Waals surface area contributed by atoms with E-state index in [1.54, 1.807) is 0 Å². The highest BCUT2D eigenvalue weighted by molar-refractivity contribution is 7.99. The van der Waals surface area contributed by atoms with Gasteiger partial charge in [0.2, 0.25) is 0 Å². The Kier molecular flexibility index (Phi) is 6.76. The Morgan fingerprint density at radius 2 is 1.93 bits per heavy atom. The van der Waals surface area contributed by atoms with Gasteiger partial charge in [-0.2, -0.15) is 0 Å². The molecule has 2 nitrogen and oxygen atoms in total. The van der Waals surface area contributed by atoms with Gasteiger partial charge in [0.05, 0.1) is 6.10 Å². The second-order valence-corrected chi connectivity index (χ2v) is 10.6. The Morgan fingerprint density at radius 1 is 1.22 bits per heavy atom. The first-order valence-corrected chi connectivity index (χ1v) is 11.5. The van der Waals surface area contributed by atoms with Gasteiger partial charge in [0.25, 0.3) is 0 Å². The van der Waals surface area contributed by atoms with Gasteiger partial charge < -0.3 is 5.11 Å². The molecule has 3 rings (SSSR count). The summed E-state index contributed by atoms with van der Waals surface area (Å²) in [6, 6.07) is 10.7. The van der Waals surface area contributed by atoms with Crippen LogP contribution in [-0.4, -0.2) is 40.5 Å². The van der Waals surface area contributed by atoms with Crippen molar-refractivity contribution in [2.24, 2.45) is 23.7 Å². The molecule has 0 bridgehead atoms. The molecule has 27 heavy (non-hydrogen) atoms. The summed E-state index contributed by atoms with van der Waals surface area (Å²) in [5.41, 5.74) is 1.35. The van der Waals surface area contributed by atoms with Gasteiger partial charge in [0, 0.05) is 35.2 Å². The summed E-state index contributed by atoms with van der Waals surface area (Å²) in [7, 11) is 0. The molecule has 0 radical (unpaired) electrons. The molecule has 0 amide bonds. The van der Waals surface area contributed by atoms with Crippen molar-refractivity contribution in [3.63, 3.8) is 0 Å². The average Bonchev–Trinajstić information content (AvgIpc) is 3.06. The minimum absolute atomic E-state index is 0.0411. The number of rotatable bonds is 6. The highest BCUT2D eigenvalue weighted by Crippen LogP contribution is 2.43. The molecule has 0 unspecified atom stereocenters. The molecule has 1 N–H and O–H groups in total. The summed E-state index contributed by atoms with van der Waals surface area (Å²) in [6.45, 7) is 15.7. The maximum absolute atomic E-state index is 10.8. The van der Waals surface area contributed by atoms with Crippen molar-refractivity contribution in [1.82, 2.24) is 4.90 Å². The molecule has 1 aliphatic heterocycles. The minimum atomic E-state index is -0.162. The van der Waals surface area contributed by atoms with Crippen molar-refractivity contribution in [1.29, 1.82) is 0 Å². The van der Waals surface area contributed by atoms with E-state index >= 15 is 0 Å². The maximum atomic E-state index is 10.8. The molecule has 2 aliphatic rings. The summed E-state index contributed by atoms with van der Waals surface area (Å²) >= 11 is 1.97. The fourth-order valence-electron chi connectivity index (χ4n) is 5.20. The number of aliphatic hydroxyl groups is 1. The Hall–Kier alpha value is -0.770. The van der Waals surface area contributed by atoms with Crippen LogP contribution in [0.4, 0.5) is 0 Å². The zero-order valence-electron chi connectivity index (χ0n) is 17.5. The topological polar surface area (TPSA) is 23.5 Å². The molecule has 1 aromatic rings. The molecule has 1 aromatic carbocycles. The van der Waals surface area contributed by atoms with Gasteiger partial charge in [0.1, 0.15) is 0 Å². The molecule has 1 saturated heterocycles. The molecule has 150 valence electrons. The fraction of sp³-hybridized carbons (Fsp3) is 0.667. The number of nitrogens with zero attached hydrogens (tertiary/aromatic N) is 1. The third kappa shape index (κ3) is 4.81. The Labute approximate surface area is 170 Å². The monoisotopic (exact) mass is 387 g/mol. The van der Waals surface area contributed by atoms with E-state index in [0.717, 1.165) is 31.7 Å². The summed E-state index contributed by atoms with van der Waals surface area (Å²) in [6.07, 6.45) is 3.19. The lowest BCUT2D eigenvalue weighted by Crippen LogP contribution is -2.53. The van der Waals surface area contributed by atoms with Crippen LogP contribution in [0, 0.1) is 23.7 Å². The molecule has 0 spiro atoms. The summed E-state index contributed by atoms with van der Waals surface area (Å²) < 4.78 is 0. The molecular formula is C24H37NOS. The predicted molar refractivity (Wildman–Crippen MR) is 117 cm³/mol. The highest BCUT2D eigenvalue weighted by atomic mass is 32.2. The van der Waals surface area contributed by atoms with Crippen LogP contribution in [0.25, 0.3) is 0 Å². The van der Waals surface area contributed by atoms with Crippen LogP contribution in [0.15, 0.2) is 47.4 Å². The Bertz CT molecular complexity index is 629. The van der Waals surface area contributed by atoms with Gasteiger partial charge in [-0.1, -0.05) is 43.7 Å². The summed E-state index contributed by atoms with van der Waals surface area (Å²) in [5, 5.41) is 10.8. The van der Waals surface area contributed by atoms with Crippen molar-refractivity contribution >= 4 is 11.8 Å². The quantitative estimate of drug-likeness (QED) is 0.516. The first-order valence-electron chi connectivity index (χ1n) is 10.6. The van der Waals surface area contributed by atoms with E-state index in [4.69, 9.17) is 0 Å². The zero-order chi connectivity index (χ0) is 19.6. The minimum Gasteiger partial charge on any atom is -0.393 e. The van der Waals surface area contributed by atoms with Gasteiger partial charge >= 0.3 is 0 Å². The van der Waals surface area contributed by atoms with Crippen molar-refractivity contribution < 1.29 is 5.11 Å². The molecule has 5 atom stereocenters. The van der Waals surface area contributed by atoms with E-state index in [9.17, 15) is 5.11 Å². The predicted octanol–water partition coefficient (Wildman–Crippen LogP) is 5.48. The first kappa shape index (κ1) is 21.0. The van der Waals surface area contributed by atoms with Crippen molar-refractivity contribution in [2.45, 2.75) is 63.5 Å². The van der Waals surface area contributed by atoms with Crippen LogP contribution in [0.5, 0.6) is 0 Å². The highest BCUT2D eigenvalue weighted by Gasteiger charge is 2.46. The average molecular weight is 388 g/mol. The largest absolute Gasteiger partial charge is 0.393 e. The van der Waals surface area contributed by atoms with E-state index < -0.39 is 0 Å². The van der Waals surface area contributed by atoms with Crippen molar-refractivity contribution in [3.05, 3.63) is 42.5 Å². The maximum Gasteiger partial charge on any atom is 0.0588 e. The molecule has 1 aliphatic carbocycles. The molecule has 3 heteroatoms. The lowest BCUT2D eigenvalue weighted by Gasteiger charge is -2.47. The molecular weight excluding hydrogens is 350 g/mol. The fourth-order valence-corrected chi connectivity index (χ4v) is 6.29. The van der Waals surface area contributed by atoms with Crippen LogP contribution >= 0.6 is 11.8 Å². The van der Waals surface area contributed by atoms with Crippen LogP contribution in [0.3, 0.4) is 0 Å². The van der Waals surface area contributed by atoms with Gasteiger partial charge in [-0.05, 0) is 63.5 Å². The second kappa shape index (κ2) is 8.71. The van der Waals surface area contributed by atoms with Crippen LogP contribution < -0.4 is 0 Å². The van der Waals surface area contributed by atoms with E-state index in [0.29, 0.717) is 23.7 Å². The SMILES string of the molecule is C=C(C)[C@H]1CN(C(C)(C)[C@@H]2CC[C@@H](C)C[C@H]2O)C[C@@H]1CSc1ccccc1. The van der Waals surface area contributed by atoms with Crippen LogP contribution in [-0.2, 0) is 0 Å². The first-order chi connectivity index (χ1) is 12.8. The molecule has 2 fully saturated rings. The third-order valence-electron chi connectivity index (χ3n) is 7.08. The summed E-state index contributed by atoms with van der Waals surface area (Å²) in [5.74, 6) is 3.36.